The number of halogens is 1. The molecular weight excluding hydrogens is 479 g/mol. The number of aliphatic imine (C=N–C) groups is 1. The Balaban J connectivity index is 1.36. The molecule has 0 aliphatic heterocycles. The van der Waals surface area contributed by atoms with Gasteiger partial charge < -0.3 is 20.9 Å². The van der Waals surface area contributed by atoms with E-state index in [4.69, 9.17) is 10.3 Å². The molecule has 2 amide bonds. The largest absolute Gasteiger partial charge is 0.390 e. The third-order valence-corrected chi connectivity index (χ3v) is 6.34. The molecule has 2 aromatic heterocycles. The van der Waals surface area contributed by atoms with Crippen molar-refractivity contribution in [1.82, 2.24) is 30.7 Å². The van der Waals surface area contributed by atoms with Gasteiger partial charge in [0.25, 0.3) is 17.8 Å². The van der Waals surface area contributed by atoms with Crippen molar-refractivity contribution in [2.75, 3.05) is 6.54 Å². The summed E-state index contributed by atoms with van der Waals surface area (Å²) < 4.78 is 18.8. The zero-order valence-corrected chi connectivity index (χ0v) is 20.7. The first kappa shape index (κ1) is 25.9. The Bertz CT molecular complexity index is 1300. The van der Waals surface area contributed by atoms with Gasteiger partial charge in [-0.15, -0.1) is 0 Å². The van der Waals surface area contributed by atoms with Gasteiger partial charge in [0, 0.05) is 25.1 Å². The fraction of sp³-hybridized carbons (Fsp3) is 0.400. The highest BCUT2D eigenvalue weighted by atomic mass is 19.1. The number of amides is 2. The van der Waals surface area contributed by atoms with E-state index in [9.17, 15) is 14.0 Å². The van der Waals surface area contributed by atoms with E-state index in [2.05, 4.69) is 35.7 Å². The lowest BCUT2D eigenvalue weighted by Crippen LogP contribution is -2.32. The van der Waals surface area contributed by atoms with E-state index in [1.165, 1.54) is 12.1 Å². The molecule has 12 heteroatoms. The summed E-state index contributed by atoms with van der Waals surface area (Å²) in [6.07, 6.45) is 4.62. The van der Waals surface area contributed by atoms with E-state index in [0.29, 0.717) is 29.7 Å². The Morgan fingerprint density at radius 1 is 1.08 bits per heavy atom. The van der Waals surface area contributed by atoms with E-state index in [1.54, 1.807) is 26.0 Å². The SMILES string of the molecule is Cc1noc(C2CCC(CNC(=O)c3cc(C(=O)NCc4ccc(F)c(C)c4)nc(/N=C\N)n3)CC2)n1. The monoisotopic (exact) mass is 508 g/mol. The van der Waals surface area contributed by atoms with Gasteiger partial charge in [-0.05, 0) is 62.6 Å². The quantitative estimate of drug-likeness (QED) is 0.309. The van der Waals surface area contributed by atoms with Gasteiger partial charge in [-0.25, -0.2) is 19.4 Å². The molecule has 0 bridgehead atoms. The van der Waals surface area contributed by atoms with Crippen molar-refractivity contribution in [3.05, 3.63) is 64.3 Å². The normalized spacial score (nSPS) is 17.6. The molecule has 194 valence electrons. The maximum atomic E-state index is 13.5. The lowest BCUT2D eigenvalue weighted by atomic mass is 9.82. The van der Waals surface area contributed by atoms with E-state index in [0.717, 1.165) is 37.6 Å². The minimum atomic E-state index is -0.526. The molecule has 1 aliphatic carbocycles. The van der Waals surface area contributed by atoms with Crippen LogP contribution in [0.3, 0.4) is 0 Å². The molecule has 1 saturated carbocycles. The van der Waals surface area contributed by atoms with Crippen LogP contribution in [-0.2, 0) is 6.54 Å². The number of nitrogens with zero attached hydrogens (tertiary/aromatic N) is 5. The molecule has 0 atom stereocenters. The molecule has 37 heavy (non-hydrogen) atoms. The van der Waals surface area contributed by atoms with Crippen LogP contribution in [0.1, 0.15) is 75.4 Å². The number of rotatable bonds is 8. The van der Waals surface area contributed by atoms with Crippen LogP contribution in [0.2, 0.25) is 0 Å². The number of hydrogen-bond acceptors (Lipinski definition) is 8. The number of hydrogen-bond donors (Lipinski definition) is 3. The molecule has 0 spiro atoms. The zero-order chi connectivity index (χ0) is 26.4. The third kappa shape index (κ3) is 6.72. The molecule has 3 aromatic rings. The predicted octanol–water partition coefficient (Wildman–Crippen LogP) is 2.87. The highest BCUT2D eigenvalue weighted by molar-refractivity contribution is 5.97. The van der Waals surface area contributed by atoms with E-state index in [1.807, 2.05) is 0 Å². The summed E-state index contributed by atoms with van der Waals surface area (Å²) in [6, 6.07) is 5.89. The Labute approximate surface area is 213 Å². The standard InChI is InChI=1S/C25H29FN8O3/c1-14-9-17(5-8-19(14)26)12-29-23(36)21-10-20(32-25(33-21)30-13-27)22(35)28-11-16-3-6-18(7-4-16)24-31-15(2)34-37-24/h5,8-10,13,16,18H,3-4,6-7,11-12H2,1-2H3,(H,28,35)(H,29,36)(H2,27,30,32,33). The molecule has 0 saturated heterocycles. The minimum Gasteiger partial charge on any atom is -0.390 e. The Hall–Kier alpha value is -4.22. The van der Waals surface area contributed by atoms with Crippen molar-refractivity contribution in [3.63, 3.8) is 0 Å². The highest BCUT2D eigenvalue weighted by Gasteiger charge is 2.26. The first-order chi connectivity index (χ1) is 17.8. The fourth-order valence-corrected chi connectivity index (χ4v) is 4.30. The summed E-state index contributed by atoms with van der Waals surface area (Å²) in [5.41, 5.74) is 6.54. The van der Waals surface area contributed by atoms with Gasteiger partial charge in [0.2, 0.25) is 5.89 Å². The molecule has 1 aromatic carbocycles. The second-order valence-corrected chi connectivity index (χ2v) is 9.09. The van der Waals surface area contributed by atoms with Crippen LogP contribution < -0.4 is 16.4 Å². The number of nitrogens with one attached hydrogen (secondary N) is 2. The maximum Gasteiger partial charge on any atom is 0.270 e. The van der Waals surface area contributed by atoms with Crippen LogP contribution in [0.4, 0.5) is 10.3 Å². The minimum absolute atomic E-state index is 0.00778. The highest BCUT2D eigenvalue weighted by Crippen LogP contribution is 2.34. The van der Waals surface area contributed by atoms with Crippen LogP contribution in [0.25, 0.3) is 0 Å². The van der Waals surface area contributed by atoms with E-state index in [-0.39, 0.29) is 35.6 Å². The van der Waals surface area contributed by atoms with Crippen molar-refractivity contribution in [1.29, 1.82) is 0 Å². The molecular formula is C25H29FN8O3. The summed E-state index contributed by atoms with van der Waals surface area (Å²) in [4.78, 5) is 42.0. The summed E-state index contributed by atoms with van der Waals surface area (Å²) in [6.45, 7) is 4.08. The summed E-state index contributed by atoms with van der Waals surface area (Å²) >= 11 is 0. The number of carbonyl (C=O) groups is 2. The third-order valence-electron chi connectivity index (χ3n) is 6.34. The van der Waals surface area contributed by atoms with Gasteiger partial charge in [0.15, 0.2) is 5.82 Å². The molecule has 1 fully saturated rings. The molecule has 4 rings (SSSR count). The number of aromatic nitrogens is 4. The molecule has 11 nitrogen and oxygen atoms in total. The van der Waals surface area contributed by atoms with Gasteiger partial charge in [0.1, 0.15) is 17.2 Å². The second kappa shape index (κ2) is 11.7. The van der Waals surface area contributed by atoms with Gasteiger partial charge >= 0.3 is 0 Å². The van der Waals surface area contributed by atoms with E-state index >= 15 is 0 Å². The first-order valence-electron chi connectivity index (χ1n) is 12.1. The number of aryl methyl sites for hydroxylation is 2. The molecule has 4 N–H and O–H groups in total. The average Bonchev–Trinajstić information content (AvgIpc) is 3.34. The zero-order valence-electron chi connectivity index (χ0n) is 20.7. The van der Waals surface area contributed by atoms with Gasteiger partial charge in [-0.3, -0.25) is 9.59 Å². The number of nitrogens with two attached hydrogens (primary N) is 1. The van der Waals surface area contributed by atoms with Crippen LogP contribution in [-0.4, -0.2) is 44.8 Å². The van der Waals surface area contributed by atoms with Crippen LogP contribution in [0.5, 0.6) is 0 Å². The fourth-order valence-electron chi connectivity index (χ4n) is 4.30. The summed E-state index contributed by atoms with van der Waals surface area (Å²) in [5.74, 6) is 0.464. The van der Waals surface area contributed by atoms with Crippen molar-refractivity contribution in [2.45, 2.75) is 52.0 Å². The number of benzene rings is 1. The average molecular weight is 509 g/mol. The van der Waals surface area contributed by atoms with Crippen LogP contribution in [0, 0.1) is 25.6 Å². The Morgan fingerprint density at radius 3 is 2.41 bits per heavy atom. The Kier molecular flexibility index (Phi) is 8.16. The van der Waals surface area contributed by atoms with Crippen LogP contribution in [0.15, 0.2) is 33.8 Å². The smallest absolute Gasteiger partial charge is 0.270 e. The van der Waals surface area contributed by atoms with Crippen molar-refractivity contribution < 1.29 is 18.5 Å². The topological polar surface area (TPSA) is 161 Å². The predicted molar refractivity (Wildman–Crippen MR) is 133 cm³/mol. The molecule has 2 heterocycles. The van der Waals surface area contributed by atoms with Gasteiger partial charge in [-0.1, -0.05) is 17.3 Å². The molecule has 0 radical (unpaired) electrons. The molecule has 1 aliphatic rings. The lowest BCUT2D eigenvalue weighted by molar-refractivity contribution is 0.0937. The van der Waals surface area contributed by atoms with Crippen molar-refractivity contribution in [2.24, 2.45) is 16.6 Å². The van der Waals surface area contributed by atoms with Gasteiger partial charge in [-0.2, -0.15) is 4.98 Å². The van der Waals surface area contributed by atoms with Crippen LogP contribution >= 0.6 is 0 Å². The van der Waals surface area contributed by atoms with E-state index < -0.39 is 11.8 Å². The first-order valence-corrected chi connectivity index (χ1v) is 12.1. The maximum absolute atomic E-state index is 13.5. The van der Waals surface area contributed by atoms with Gasteiger partial charge in [0.05, 0.1) is 6.34 Å². The second-order valence-electron chi connectivity index (χ2n) is 9.09. The number of carbonyl (C=O) groups excluding carboxylic acids is 2. The summed E-state index contributed by atoms with van der Waals surface area (Å²) in [5, 5.41) is 9.48. The summed E-state index contributed by atoms with van der Waals surface area (Å²) in [7, 11) is 0. The van der Waals surface area contributed by atoms with Crippen molar-refractivity contribution >= 4 is 24.1 Å². The lowest BCUT2D eigenvalue weighted by Gasteiger charge is -2.26. The Morgan fingerprint density at radius 2 is 1.78 bits per heavy atom. The van der Waals surface area contributed by atoms with Crippen molar-refractivity contribution in [3.8, 4) is 0 Å². The molecule has 0 unspecified atom stereocenters.